The second-order valence-electron chi connectivity index (χ2n) is 6.59. The molecule has 2 aromatic carbocycles. The molecular formula is C19H16F2N2O3. The van der Waals surface area contributed by atoms with E-state index in [9.17, 15) is 23.6 Å². The maximum absolute atomic E-state index is 14.0. The Bertz CT molecular complexity index is 878. The van der Waals surface area contributed by atoms with Gasteiger partial charge in [-0.2, -0.15) is 5.06 Å². The number of nitrogens with zero attached hydrogens (tertiary/aromatic N) is 2. The normalized spacial score (nSPS) is 20.0. The highest BCUT2D eigenvalue weighted by molar-refractivity contribution is 5.98. The van der Waals surface area contributed by atoms with Crippen LogP contribution in [0.1, 0.15) is 46.4 Å². The second-order valence-corrected chi connectivity index (χ2v) is 6.59. The highest BCUT2D eigenvalue weighted by Gasteiger charge is 2.43. The Labute approximate surface area is 148 Å². The van der Waals surface area contributed by atoms with Crippen LogP contribution >= 0.6 is 0 Å². The van der Waals surface area contributed by atoms with Crippen molar-refractivity contribution in [3.63, 3.8) is 0 Å². The lowest BCUT2D eigenvalue weighted by molar-refractivity contribution is -0.168. The molecule has 26 heavy (non-hydrogen) atoms. The van der Waals surface area contributed by atoms with Crippen LogP contribution in [-0.4, -0.2) is 33.5 Å². The average Bonchev–Trinajstić information content (AvgIpc) is 3.42. The summed E-state index contributed by atoms with van der Waals surface area (Å²) in [5.41, 5.74) is 0.839. The molecule has 1 atom stereocenters. The molecule has 134 valence electrons. The molecule has 1 saturated carbocycles. The summed E-state index contributed by atoms with van der Waals surface area (Å²) < 4.78 is 28.0. The fourth-order valence-electron chi connectivity index (χ4n) is 3.31. The summed E-state index contributed by atoms with van der Waals surface area (Å²) in [4.78, 5) is 25.7. The third-order valence-electron chi connectivity index (χ3n) is 4.78. The molecule has 0 spiro atoms. The molecule has 0 aromatic heterocycles. The van der Waals surface area contributed by atoms with Gasteiger partial charge in [-0.1, -0.05) is 30.3 Å². The van der Waals surface area contributed by atoms with Crippen LogP contribution in [0.3, 0.4) is 0 Å². The van der Waals surface area contributed by atoms with Crippen molar-refractivity contribution < 1.29 is 23.6 Å². The van der Waals surface area contributed by atoms with E-state index in [1.165, 1.54) is 0 Å². The van der Waals surface area contributed by atoms with Crippen LogP contribution in [0.25, 0.3) is 0 Å². The molecule has 1 aliphatic heterocycles. The molecule has 2 amide bonds. The van der Waals surface area contributed by atoms with Gasteiger partial charge in [0.2, 0.25) is 0 Å². The number of amides is 2. The zero-order chi connectivity index (χ0) is 18.4. The first-order valence-corrected chi connectivity index (χ1v) is 8.33. The smallest absolute Gasteiger partial charge is 0.267 e. The van der Waals surface area contributed by atoms with E-state index in [0.29, 0.717) is 16.5 Å². The number of carbonyl (C=O) groups excluding carboxylic acids is 2. The third kappa shape index (κ3) is 2.74. The van der Waals surface area contributed by atoms with Crippen LogP contribution in [0, 0.1) is 11.6 Å². The monoisotopic (exact) mass is 358 g/mol. The van der Waals surface area contributed by atoms with E-state index in [1.807, 2.05) is 12.1 Å². The first-order chi connectivity index (χ1) is 12.5. The molecule has 2 aliphatic rings. The van der Waals surface area contributed by atoms with Crippen LogP contribution < -0.4 is 0 Å². The van der Waals surface area contributed by atoms with E-state index in [1.54, 1.807) is 12.1 Å². The Morgan fingerprint density at radius 3 is 2.31 bits per heavy atom. The molecular weight excluding hydrogens is 342 g/mol. The molecule has 7 heteroatoms. The van der Waals surface area contributed by atoms with Gasteiger partial charge in [0.25, 0.3) is 11.8 Å². The number of hydrogen-bond donors (Lipinski definition) is 1. The summed E-state index contributed by atoms with van der Waals surface area (Å²) in [5.74, 6) is -3.27. The van der Waals surface area contributed by atoms with Gasteiger partial charge in [-0.3, -0.25) is 14.8 Å². The molecule has 2 aromatic rings. The molecule has 1 N–H and O–H groups in total. The van der Waals surface area contributed by atoms with E-state index in [4.69, 9.17) is 0 Å². The maximum Gasteiger partial charge on any atom is 0.267 e. The van der Waals surface area contributed by atoms with Gasteiger partial charge in [0, 0.05) is 0 Å². The fourth-order valence-corrected chi connectivity index (χ4v) is 3.31. The van der Waals surface area contributed by atoms with E-state index < -0.39 is 41.7 Å². The first-order valence-electron chi connectivity index (χ1n) is 8.33. The van der Waals surface area contributed by atoms with Crippen molar-refractivity contribution in [3.8, 4) is 0 Å². The van der Waals surface area contributed by atoms with Gasteiger partial charge < -0.3 is 4.90 Å². The van der Waals surface area contributed by atoms with Crippen LogP contribution in [0.2, 0.25) is 0 Å². The average molecular weight is 358 g/mol. The minimum atomic E-state index is -1.12. The minimum Gasteiger partial charge on any atom is -0.302 e. The van der Waals surface area contributed by atoms with Gasteiger partial charge in [0.1, 0.15) is 23.7 Å². The van der Waals surface area contributed by atoms with E-state index >= 15 is 0 Å². The van der Waals surface area contributed by atoms with Gasteiger partial charge in [-0.15, -0.1) is 0 Å². The van der Waals surface area contributed by atoms with E-state index in [-0.39, 0.29) is 0 Å². The maximum atomic E-state index is 14.0. The van der Waals surface area contributed by atoms with Crippen LogP contribution in [0.15, 0.2) is 42.5 Å². The van der Waals surface area contributed by atoms with Crippen molar-refractivity contribution >= 4 is 11.8 Å². The Balaban J connectivity index is 1.73. The Morgan fingerprint density at radius 1 is 1.04 bits per heavy atom. The highest BCUT2D eigenvalue weighted by Crippen LogP contribution is 2.41. The highest BCUT2D eigenvalue weighted by atomic mass is 19.1. The summed E-state index contributed by atoms with van der Waals surface area (Å²) in [7, 11) is 0. The van der Waals surface area contributed by atoms with Crippen molar-refractivity contribution in [2.24, 2.45) is 0 Å². The fraction of sp³-hybridized carbons (Fsp3) is 0.263. The number of benzene rings is 2. The van der Waals surface area contributed by atoms with Crippen molar-refractivity contribution in [1.29, 1.82) is 0 Å². The van der Waals surface area contributed by atoms with Crippen LogP contribution in [-0.2, 0) is 4.79 Å². The number of hydrogen-bond acceptors (Lipinski definition) is 3. The lowest BCUT2D eigenvalue weighted by atomic mass is 10.0. The molecule has 2 fully saturated rings. The SMILES string of the molecule is O=C1CN(C(=O)c2c(F)cccc2F)C(c2cccc(C3CC3)c2)N1O. The zero-order valence-corrected chi connectivity index (χ0v) is 13.7. The predicted octanol–water partition coefficient (Wildman–Crippen LogP) is 3.21. The number of halogens is 2. The predicted molar refractivity (Wildman–Crippen MR) is 87.2 cm³/mol. The van der Waals surface area contributed by atoms with E-state index in [0.717, 1.165) is 41.5 Å². The van der Waals surface area contributed by atoms with Crippen molar-refractivity contribution in [2.45, 2.75) is 24.9 Å². The summed E-state index contributed by atoms with van der Waals surface area (Å²) in [6, 6.07) is 10.3. The number of rotatable bonds is 3. The number of carbonyl (C=O) groups is 2. The lowest BCUT2D eigenvalue weighted by Crippen LogP contribution is -2.35. The van der Waals surface area contributed by atoms with Crippen molar-refractivity contribution in [3.05, 3.63) is 70.8 Å². The summed E-state index contributed by atoms with van der Waals surface area (Å²) in [6.45, 7) is -0.457. The molecule has 4 rings (SSSR count). The minimum absolute atomic E-state index is 0.437. The lowest BCUT2D eigenvalue weighted by Gasteiger charge is -2.27. The molecule has 1 aliphatic carbocycles. The standard InChI is InChI=1S/C19H16F2N2O3/c20-14-5-2-6-15(21)17(14)19(25)22-10-16(24)23(26)18(22)13-4-1-3-12(9-13)11-7-8-11/h1-6,9,11,18,26H,7-8,10H2. The Hall–Kier alpha value is -2.80. The second kappa shape index (κ2) is 6.17. The largest absolute Gasteiger partial charge is 0.302 e. The van der Waals surface area contributed by atoms with Gasteiger partial charge >= 0.3 is 0 Å². The van der Waals surface area contributed by atoms with Crippen LogP contribution in [0.4, 0.5) is 8.78 Å². The molecule has 0 radical (unpaired) electrons. The van der Waals surface area contributed by atoms with Gasteiger partial charge in [0.05, 0.1) is 0 Å². The third-order valence-corrected chi connectivity index (χ3v) is 4.78. The Kier molecular flexibility index (Phi) is 3.96. The number of hydroxylamine groups is 2. The first kappa shape index (κ1) is 16.7. The van der Waals surface area contributed by atoms with Gasteiger partial charge in [-0.25, -0.2) is 8.78 Å². The van der Waals surface area contributed by atoms with Crippen molar-refractivity contribution in [2.75, 3.05) is 6.54 Å². The summed E-state index contributed by atoms with van der Waals surface area (Å²) >= 11 is 0. The summed E-state index contributed by atoms with van der Waals surface area (Å²) in [5, 5.41) is 10.6. The molecule has 1 heterocycles. The van der Waals surface area contributed by atoms with Gasteiger partial charge in [0.15, 0.2) is 6.17 Å². The summed E-state index contributed by atoms with van der Waals surface area (Å²) in [6.07, 6.45) is 1.02. The van der Waals surface area contributed by atoms with Crippen molar-refractivity contribution in [1.82, 2.24) is 9.96 Å². The molecule has 0 bridgehead atoms. The molecule has 1 unspecified atom stereocenters. The van der Waals surface area contributed by atoms with Crippen LogP contribution in [0.5, 0.6) is 0 Å². The quantitative estimate of drug-likeness (QED) is 0.857. The van der Waals surface area contributed by atoms with Gasteiger partial charge in [-0.05, 0) is 42.0 Å². The molecule has 5 nitrogen and oxygen atoms in total. The molecule has 1 saturated heterocycles. The topological polar surface area (TPSA) is 60.9 Å². The van der Waals surface area contributed by atoms with E-state index in [2.05, 4.69) is 0 Å². The zero-order valence-electron chi connectivity index (χ0n) is 13.7. The Morgan fingerprint density at radius 2 is 1.65 bits per heavy atom.